The van der Waals surface area contributed by atoms with Gasteiger partial charge in [0.1, 0.15) is 22.3 Å². The van der Waals surface area contributed by atoms with Crippen molar-refractivity contribution in [3.63, 3.8) is 0 Å². The van der Waals surface area contributed by atoms with Crippen molar-refractivity contribution in [2.24, 2.45) is 0 Å². The smallest absolute Gasteiger partial charge is 0.262 e. The van der Waals surface area contributed by atoms with Crippen LogP contribution in [0.5, 0.6) is 5.75 Å². The number of ether oxygens (including phenoxy) is 1. The van der Waals surface area contributed by atoms with E-state index in [0.717, 1.165) is 0 Å². The second-order valence-electron chi connectivity index (χ2n) is 4.86. The Morgan fingerprint density at radius 1 is 1.29 bits per heavy atom. The minimum absolute atomic E-state index is 0.0784. The number of anilines is 1. The highest BCUT2D eigenvalue weighted by Gasteiger charge is 2.22. The number of benzene rings is 1. The van der Waals surface area contributed by atoms with Crippen LogP contribution in [0.2, 0.25) is 5.15 Å². The van der Waals surface area contributed by atoms with Gasteiger partial charge in [0, 0.05) is 13.2 Å². The fourth-order valence-corrected chi connectivity index (χ4v) is 2.33. The molecule has 0 fully saturated rings. The van der Waals surface area contributed by atoms with Crippen LogP contribution in [0, 0.1) is 12.7 Å². The number of carbonyl (C=O) groups is 2. The largest absolute Gasteiger partial charge is 0.496 e. The maximum Gasteiger partial charge on any atom is 0.262 e. The van der Waals surface area contributed by atoms with Crippen LogP contribution in [0.4, 0.5) is 10.1 Å². The molecule has 2 rings (SSSR count). The summed E-state index contributed by atoms with van der Waals surface area (Å²) in [6, 6.07) is 3.99. The molecule has 2 amide bonds. The summed E-state index contributed by atoms with van der Waals surface area (Å²) in [6.07, 6.45) is 1.22. The molecule has 6 nitrogen and oxygen atoms in total. The first kappa shape index (κ1) is 17.7. The summed E-state index contributed by atoms with van der Waals surface area (Å²) in [5, 5.41) is 4.98. The summed E-state index contributed by atoms with van der Waals surface area (Å²) in [4.78, 5) is 28.2. The number of aromatic nitrogens is 1. The Bertz CT molecular complexity index is 811. The van der Waals surface area contributed by atoms with Gasteiger partial charge in [0.05, 0.1) is 18.4 Å². The number of methoxy groups -OCH3 is 1. The van der Waals surface area contributed by atoms with Crippen LogP contribution in [-0.4, -0.2) is 31.0 Å². The Morgan fingerprint density at radius 2 is 2.00 bits per heavy atom. The number of hydrogen-bond donors (Lipinski definition) is 2. The van der Waals surface area contributed by atoms with Crippen molar-refractivity contribution in [1.82, 2.24) is 10.3 Å². The fraction of sp³-hybridized carbons (Fsp3) is 0.188. The maximum absolute atomic E-state index is 14.1. The van der Waals surface area contributed by atoms with Gasteiger partial charge in [-0.1, -0.05) is 17.7 Å². The standard InChI is InChI=1S/C16H15ClFN3O3/c1-8-4-5-10(18)13(14(8)24-3)16(23)21-11-6-12(17)20-7-9(11)15(22)19-2/h4-7H,1-3H3,(H,19,22)(H,20,21,23). The van der Waals surface area contributed by atoms with Crippen molar-refractivity contribution in [2.45, 2.75) is 6.92 Å². The van der Waals surface area contributed by atoms with E-state index in [0.29, 0.717) is 5.56 Å². The van der Waals surface area contributed by atoms with Crippen molar-refractivity contribution in [2.75, 3.05) is 19.5 Å². The van der Waals surface area contributed by atoms with Crippen molar-refractivity contribution in [1.29, 1.82) is 0 Å². The summed E-state index contributed by atoms with van der Waals surface area (Å²) in [7, 11) is 2.78. The zero-order valence-corrected chi connectivity index (χ0v) is 14.0. The first-order chi connectivity index (χ1) is 11.4. The van der Waals surface area contributed by atoms with E-state index in [1.807, 2.05) is 0 Å². The van der Waals surface area contributed by atoms with Gasteiger partial charge in [0.25, 0.3) is 11.8 Å². The molecule has 0 spiro atoms. The lowest BCUT2D eigenvalue weighted by Crippen LogP contribution is -2.22. The van der Waals surface area contributed by atoms with E-state index in [4.69, 9.17) is 16.3 Å². The molecule has 0 aliphatic heterocycles. The third kappa shape index (κ3) is 3.46. The predicted octanol–water partition coefficient (Wildman–Crippen LogP) is 2.80. The average Bonchev–Trinajstić information content (AvgIpc) is 2.55. The second-order valence-corrected chi connectivity index (χ2v) is 5.25. The highest BCUT2D eigenvalue weighted by molar-refractivity contribution is 6.30. The molecule has 0 radical (unpaired) electrons. The van der Waals surface area contributed by atoms with Gasteiger partial charge in [0.2, 0.25) is 0 Å². The molecular formula is C16H15ClFN3O3. The molecule has 8 heteroatoms. The van der Waals surface area contributed by atoms with Crippen LogP contribution in [0.3, 0.4) is 0 Å². The monoisotopic (exact) mass is 351 g/mol. The summed E-state index contributed by atoms with van der Waals surface area (Å²) in [6.45, 7) is 1.69. The van der Waals surface area contributed by atoms with Gasteiger partial charge >= 0.3 is 0 Å². The molecule has 126 valence electrons. The molecule has 1 aromatic heterocycles. The number of nitrogens with one attached hydrogen (secondary N) is 2. The van der Waals surface area contributed by atoms with E-state index in [9.17, 15) is 14.0 Å². The second kappa shape index (κ2) is 7.27. The Balaban J connectivity index is 2.47. The van der Waals surface area contributed by atoms with E-state index < -0.39 is 17.6 Å². The summed E-state index contributed by atoms with van der Waals surface area (Å²) < 4.78 is 19.2. The summed E-state index contributed by atoms with van der Waals surface area (Å²) in [5.74, 6) is -1.85. The summed E-state index contributed by atoms with van der Waals surface area (Å²) >= 11 is 5.82. The Labute approximate surface area is 143 Å². The topological polar surface area (TPSA) is 80.3 Å². The first-order valence-electron chi connectivity index (χ1n) is 6.91. The number of pyridine rings is 1. The Kier molecular flexibility index (Phi) is 5.35. The molecule has 24 heavy (non-hydrogen) atoms. The molecular weight excluding hydrogens is 337 g/mol. The van der Waals surface area contributed by atoms with Crippen LogP contribution in [0.15, 0.2) is 24.4 Å². The maximum atomic E-state index is 14.1. The molecule has 1 heterocycles. The van der Waals surface area contributed by atoms with Crippen LogP contribution in [-0.2, 0) is 0 Å². The molecule has 0 bridgehead atoms. The first-order valence-corrected chi connectivity index (χ1v) is 7.29. The van der Waals surface area contributed by atoms with Crippen molar-refractivity contribution >= 4 is 29.1 Å². The van der Waals surface area contributed by atoms with E-state index in [2.05, 4.69) is 15.6 Å². The number of carbonyl (C=O) groups excluding carboxylic acids is 2. The number of halogens is 2. The van der Waals surface area contributed by atoms with Crippen molar-refractivity contribution in [3.8, 4) is 5.75 Å². The van der Waals surface area contributed by atoms with Gasteiger partial charge in [-0.3, -0.25) is 9.59 Å². The molecule has 0 aliphatic rings. The van der Waals surface area contributed by atoms with Crippen LogP contribution in [0.1, 0.15) is 26.3 Å². The molecule has 0 unspecified atom stereocenters. The Hall–Kier alpha value is -2.67. The number of hydrogen-bond acceptors (Lipinski definition) is 4. The lowest BCUT2D eigenvalue weighted by atomic mass is 10.1. The van der Waals surface area contributed by atoms with Gasteiger partial charge in [-0.25, -0.2) is 9.37 Å². The normalized spacial score (nSPS) is 10.2. The molecule has 0 aliphatic carbocycles. The zero-order chi connectivity index (χ0) is 17.9. The van der Waals surface area contributed by atoms with Gasteiger partial charge in [-0.15, -0.1) is 0 Å². The lowest BCUT2D eigenvalue weighted by Gasteiger charge is -2.14. The molecule has 2 aromatic rings. The van der Waals surface area contributed by atoms with Gasteiger partial charge in [-0.05, 0) is 24.6 Å². The molecule has 0 saturated heterocycles. The third-order valence-corrected chi connectivity index (χ3v) is 3.53. The third-order valence-electron chi connectivity index (χ3n) is 3.33. The number of nitrogens with zero attached hydrogens (tertiary/aromatic N) is 1. The highest BCUT2D eigenvalue weighted by atomic mass is 35.5. The number of amides is 2. The van der Waals surface area contributed by atoms with Crippen LogP contribution in [0.25, 0.3) is 0 Å². The van der Waals surface area contributed by atoms with E-state index in [-0.39, 0.29) is 27.7 Å². The highest BCUT2D eigenvalue weighted by Crippen LogP contribution is 2.28. The number of rotatable bonds is 4. The minimum atomic E-state index is -0.763. The SMILES string of the molecule is CNC(=O)c1cnc(Cl)cc1NC(=O)c1c(F)ccc(C)c1OC. The van der Waals surface area contributed by atoms with Gasteiger partial charge < -0.3 is 15.4 Å². The van der Waals surface area contributed by atoms with Gasteiger partial charge in [-0.2, -0.15) is 0 Å². The quantitative estimate of drug-likeness (QED) is 0.830. The number of aryl methyl sites for hydroxylation is 1. The van der Waals surface area contributed by atoms with Gasteiger partial charge in [0.15, 0.2) is 0 Å². The van der Waals surface area contributed by atoms with Crippen LogP contribution >= 0.6 is 11.6 Å². The molecule has 1 aromatic carbocycles. The Morgan fingerprint density at radius 3 is 2.62 bits per heavy atom. The zero-order valence-electron chi connectivity index (χ0n) is 13.2. The molecule has 0 atom stereocenters. The van der Waals surface area contributed by atoms with Crippen molar-refractivity contribution < 1.29 is 18.7 Å². The molecule has 0 saturated carbocycles. The van der Waals surface area contributed by atoms with E-state index in [1.54, 1.807) is 6.92 Å². The van der Waals surface area contributed by atoms with Crippen molar-refractivity contribution in [3.05, 3.63) is 52.1 Å². The molecule has 2 N–H and O–H groups in total. The summed E-state index contributed by atoms with van der Waals surface area (Å²) in [5.41, 5.74) is 0.557. The predicted molar refractivity (Wildman–Crippen MR) is 88.3 cm³/mol. The van der Waals surface area contributed by atoms with E-state index >= 15 is 0 Å². The van der Waals surface area contributed by atoms with Crippen LogP contribution < -0.4 is 15.4 Å². The van der Waals surface area contributed by atoms with E-state index in [1.165, 1.54) is 38.6 Å². The lowest BCUT2D eigenvalue weighted by molar-refractivity contribution is 0.0963. The minimum Gasteiger partial charge on any atom is -0.496 e. The average molecular weight is 352 g/mol. The fourth-order valence-electron chi connectivity index (χ4n) is 2.17.